The smallest absolute Gasteiger partial charge is 0.349 e. The summed E-state index contributed by atoms with van der Waals surface area (Å²) in [7, 11) is -4.40. The summed E-state index contributed by atoms with van der Waals surface area (Å²) in [5.41, 5.74) is 3.59. The van der Waals surface area contributed by atoms with E-state index >= 15 is 0 Å². The van der Waals surface area contributed by atoms with Crippen molar-refractivity contribution in [1.82, 2.24) is 10.6 Å². The number of nitrogens with zero attached hydrogens (tertiary/aromatic N) is 1. The highest BCUT2D eigenvalue weighted by atomic mass is 32.2. The topological polar surface area (TPSA) is 78.5 Å². The summed E-state index contributed by atoms with van der Waals surface area (Å²) < 4.78 is 69.3. The van der Waals surface area contributed by atoms with Crippen LogP contribution in [-0.2, 0) is 40.4 Å². The standard InChI is InChI=1S/C32H36F3N3O3S/c1-21(2)36-20-22-13-16-28-24(17-22)8-5-11-29(28)37-31(39)19-26-15-14-23-7-3-4-12-30(23)38(26)42(40,41)27-10-6-9-25(18-27)32(33,34)35/h3-4,6-7,9-10,12-13,16-18,21,26,29,36H,5,8,11,14-15,19-20H2,1-2H3,(H,37,39)/t26?,29-/m1/s1. The summed E-state index contributed by atoms with van der Waals surface area (Å²) in [6.45, 7) is 4.96. The Bertz CT molecular complexity index is 1560. The molecule has 6 nitrogen and oxygen atoms in total. The molecule has 1 aliphatic heterocycles. The van der Waals surface area contributed by atoms with E-state index in [9.17, 15) is 26.4 Å². The van der Waals surface area contributed by atoms with Crippen molar-refractivity contribution in [3.05, 3.63) is 94.5 Å². The fourth-order valence-corrected chi connectivity index (χ4v) is 7.71. The second-order valence-corrected chi connectivity index (χ2v) is 13.2. The molecule has 0 saturated carbocycles. The second-order valence-electron chi connectivity index (χ2n) is 11.4. The average Bonchev–Trinajstić information content (AvgIpc) is 2.95. The number of alkyl halides is 3. The number of amides is 1. The van der Waals surface area contributed by atoms with Gasteiger partial charge in [-0.15, -0.1) is 0 Å². The highest BCUT2D eigenvalue weighted by Crippen LogP contribution is 2.38. The molecule has 224 valence electrons. The molecule has 0 fully saturated rings. The maximum atomic E-state index is 13.9. The van der Waals surface area contributed by atoms with Crippen LogP contribution in [0.25, 0.3) is 0 Å². The molecule has 2 N–H and O–H groups in total. The first-order chi connectivity index (χ1) is 19.9. The highest BCUT2D eigenvalue weighted by Gasteiger charge is 2.39. The number of rotatable bonds is 8. The molecule has 0 spiro atoms. The van der Waals surface area contributed by atoms with Crippen molar-refractivity contribution in [2.45, 2.75) is 88.1 Å². The van der Waals surface area contributed by atoms with E-state index in [4.69, 9.17) is 0 Å². The van der Waals surface area contributed by atoms with Crippen molar-refractivity contribution in [2.24, 2.45) is 0 Å². The number of benzene rings is 3. The molecular formula is C32H36F3N3O3S. The van der Waals surface area contributed by atoms with Crippen LogP contribution in [0.3, 0.4) is 0 Å². The Kier molecular flexibility index (Phi) is 8.66. The van der Waals surface area contributed by atoms with Crippen LogP contribution in [0.15, 0.2) is 71.6 Å². The van der Waals surface area contributed by atoms with E-state index in [0.717, 1.165) is 53.4 Å². The zero-order valence-electron chi connectivity index (χ0n) is 23.7. The van der Waals surface area contributed by atoms with E-state index in [1.54, 1.807) is 18.2 Å². The van der Waals surface area contributed by atoms with Crippen LogP contribution in [0.4, 0.5) is 18.9 Å². The van der Waals surface area contributed by atoms with Gasteiger partial charge in [0.15, 0.2) is 0 Å². The molecule has 2 atom stereocenters. The van der Waals surface area contributed by atoms with E-state index in [1.165, 1.54) is 17.2 Å². The Hall–Kier alpha value is -3.37. The quantitative estimate of drug-likeness (QED) is 0.319. The van der Waals surface area contributed by atoms with Crippen LogP contribution < -0.4 is 14.9 Å². The first-order valence-corrected chi connectivity index (χ1v) is 15.8. The van der Waals surface area contributed by atoms with Crippen LogP contribution >= 0.6 is 0 Å². The van der Waals surface area contributed by atoms with Gasteiger partial charge < -0.3 is 10.6 Å². The van der Waals surface area contributed by atoms with Gasteiger partial charge in [-0.25, -0.2) is 8.42 Å². The number of carbonyl (C=O) groups is 1. The van der Waals surface area contributed by atoms with Gasteiger partial charge in [-0.1, -0.05) is 56.3 Å². The summed E-state index contributed by atoms with van der Waals surface area (Å²) >= 11 is 0. The summed E-state index contributed by atoms with van der Waals surface area (Å²) in [6.07, 6.45) is -1.23. The molecule has 5 rings (SSSR count). The molecule has 2 aliphatic rings. The van der Waals surface area contributed by atoms with Crippen molar-refractivity contribution in [2.75, 3.05) is 4.31 Å². The Morgan fingerprint density at radius 1 is 0.976 bits per heavy atom. The molecule has 1 aliphatic carbocycles. The monoisotopic (exact) mass is 599 g/mol. The lowest BCUT2D eigenvalue weighted by Gasteiger charge is -2.38. The molecule has 3 aromatic carbocycles. The largest absolute Gasteiger partial charge is 0.416 e. The lowest BCUT2D eigenvalue weighted by molar-refractivity contribution is -0.137. The summed E-state index contributed by atoms with van der Waals surface area (Å²) in [6, 6.07) is 16.5. The molecule has 3 aromatic rings. The van der Waals surface area contributed by atoms with E-state index in [2.05, 4.69) is 42.7 Å². The number of hydrogen-bond donors (Lipinski definition) is 2. The molecule has 0 saturated heterocycles. The van der Waals surface area contributed by atoms with Crippen molar-refractivity contribution < 1.29 is 26.4 Å². The average molecular weight is 600 g/mol. The minimum atomic E-state index is -4.69. The van der Waals surface area contributed by atoms with Gasteiger partial charge in [0.1, 0.15) is 0 Å². The number of sulfonamides is 1. The zero-order valence-corrected chi connectivity index (χ0v) is 24.6. The molecule has 0 aromatic heterocycles. The fourth-order valence-electron chi connectivity index (χ4n) is 5.95. The fraction of sp³-hybridized carbons (Fsp3) is 0.406. The molecule has 42 heavy (non-hydrogen) atoms. The summed E-state index contributed by atoms with van der Waals surface area (Å²) in [5, 5.41) is 6.56. The van der Waals surface area contributed by atoms with Crippen LogP contribution in [-0.4, -0.2) is 26.4 Å². The van der Waals surface area contributed by atoms with Gasteiger partial charge in [0.25, 0.3) is 10.0 Å². The van der Waals surface area contributed by atoms with Gasteiger partial charge in [0.2, 0.25) is 5.91 Å². The van der Waals surface area contributed by atoms with Gasteiger partial charge in [0.05, 0.1) is 28.2 Å². The Labute approximate surface area is 245 Å². The Morgan fingerprint density at radius 3 is 2.52 bits per heavy atom. The van der Waals surface area contributed by atoms with Crippen LogP contribution in [0, 0.1) is 0 Å². The third-order valence-corrected chi connectivity index (χ3v) is 9.88. The van der Waals surface area contributed by atoms with E-state index < -0.39 is 32.7 Å². The number of carbonyl (C=O) groups excluding carboxylic acids is 1. The number of halogens is 3. The predicted octanol–water partition coefficient (Wildman–Crippen LogP) is 6.30. The lowest BCUT2D eigenvalue weighted by atomic mass is 9.86. The van der Waals surface area contributed by atoms with Crippen LogP contribution in [0.1, 0.15) is 73.4 Å². The van der Waals surface area contributed by atoms with Crippen molar-refractivity contribution >= 4 is 21.6 Å². The van der Waals surface area contributed by atoms with Crippen molar-refractivity contribution in [3.8, 4) is 0 Å². The molecule has 10 heteroatoms. The van der Waals surface area contributed by atoms with Gasteiger partial charge in [0, 0.05) is 19.0 Å². The minimum absolute atomic E-state index is 0.102. The minimum Gasteiger partial charge on any atom is -0.349 e. The maximum Gasteiger partial charge on any atom is 0.416 e. The predicted molar refractivity (Wildman–Crippen MR) is 157 cm³/mol. The number of nitrogens with one attached hydrogen (secondary N) is 2. The molecule has 1 unspecified atom stereocenters. The number of anilines is 1. The van der Waals surface area contributed by atoms with Crippen molar-refractivity contribution in [3.63, 3.8) is 0 Å². The number of aryl methyl sites for hydroxylation is 2. The third kappa shape index (κ3) is 6.49. The first kappa shape index (κ1) is 30.1. The van der Waals surface area contributed by atoms with E-state index in [0.29, 0.717) is 30.6 Å². The molecule has 0 radical (unpaired) electrons. The Balaban J connectivity index is 1.39. The normalized spacial score (nSPS) is 18.9. The zero-order chi connectivity index (χ0) is 30.1. The third-order valence-electron chi connectivity index (χ3n) is 8.02. The summed E-state index contributed by atoms with van der Waals surface area (Å²) in [4.78, 5) is 13.0. The molecular weight excluding hydrogens is 563 g/mol. The molecule has 1 amide bonds. The van der Waals surface area contributed by atoms with Gasteiger partial charge in [-0.05, 0) is 78.6 Å². The number of para-hydroxylation sites is 1. The Morgan fingerprint density at radius 2 is 1.76 bits per heavy atom. The van der Waals surface area contributed by atoms with Crippen LogP contribution in [0.5, 0.6) is 0 Å². The number of hydrogen-bond acceptors (Lipinski definition) is 4. The van der Waals surface area contributed by atoms with Gasteiger partial charge in [-0.3, -0.25) is 9.10 Å². The second kappa shape index (κ2) is 12.1. The maximum absolute atomic E-state index is 13.9. The molecule has 0 bridgehead atoms. The number of fused-ring (bicyclic) bond motifs is 2. The first-order valence-electron chi connectivity index (χ1n) is 14.4. The van der Waals surface area contributed by atoms with Gasteiger partial charge >= 0.3 is 6.18 Å². The molecule has 1 heterocycles. The van der Waals surface area contributed by atoms with Crippen molar-refractivity contribution in [1.29, 1.82) is 0 Å². The van der Waals surface area contributed by atoms with Gasteiger partial charge in [-0.2, -0.15) is 13.2 Å². The highest BCUT2D eigenvalue weighted by molar-refractivity contribution is 7.92. The van der Waals surface area contributed by atoms with Crippen LogP contribution in [0.2, 0.25) is 0 Å². The lowest BCUT2D eigenvalue weighted by Crippen LogP contribution is -2.46. The summed E-state index contributed by atoms with van der Waals surface area (Å²) in [5.74, 6) is -0.285. The van der Waals surface area contributed by atoms with E-state index in [1.807, 2.05) is 6.07 Å². The SMILES string of the molecule is CC(C)NCc1ccc2c(c1)CCC[C@H]2NC(=O)CC1CCc2ccccc2N1S(=O)(=O)c1cccc(C(F)(F)F)c1. The van der Waals surface area contributed by atoms with E-state index in [-0.39, 0.29) is 18.4 Å².